The summed E-state index contributed by atoms with van der Waals surface area (Å²) in [5.74, 6) is -0.267. The number of hydrogen-bond acceptors (Lipinski definition) is 2. The van der Waals surface area contributed by atoms with E-state index in [9.17, 15) is 4.79 Å². The minimum Gasteiger partial charge on any atom is -0.271 e. The number of halogens is 2. The maximum Gasteiger partial charge on any atom is 0.267 e. The van der Waals surface area contributed by atoms with Gasteiger partial charge in [-0.25, -0.2) is 5.01 Å². The van der Waals surface area contributed by atoms with E-state index in [4.69, 9.17) is 23.2 Å². The lowest BCUT2D eigenvalue weighted by molar-refractivity contribution is -0.129. The Morgan fingerprint density at radius 1 is 1.40 bits per heavy atom. The van der Waals surface area contributed by atoms with Crippen LogP contribution in [0.2, 0.25) is 0 Å². The van der Waals surface area contributed by atoms with E-state index in [0.29, 0.717) is 0 Å². The van der Waals surface area contributed by atoms with Gasteiger partial charge in [-0.1, -0.05) is 12.2 Å². The summed E-state index contributed by atoms with van der Waals surface area (Å²) < 4.78 is 0. The lowest BCUT2D eigenvalue weighted by Gasteiger charge is -2.27. The summed E-state index contributed by atoms with van der Waals surface area (Å²) in [6, 6.07) is 0. The average Bonchev–Trinajstić information content (AvgIpc) is 2.27. The fourth-order valence-electron chi connectivity index (χ4n) is 1.47. The second kappa shape index (κ2) is 4.37. The van der Waals surface area contributed by atoms with Crippen LogP contribution >= 0.6 is 23.2 Å². The molecule has 0 spiro atoms. The third-order valence-corrected chi connectivity index (χ3v) is 3.22. The topological polar surface area (TPSA) is 32.7 Å². The smallest absolute Gasteiger partial charge is 0.267 e. The summed E-state index contributed by atoms with van der Waals surface area (Å²) in [5.41, 5.74) is 0.775. The van der Waals surface area contributed by atoms with Crippen molar-refractivity contribution in [3.63, 3.8) is 0 Å². The third-order valence-electron chi connectivity index (χ3n) is 2.27. The highest BCUT2D eigenvalue weighted by molar-refractivity contribution is 6.42. The number of hydrogen-bond donors (Lipinski definition) is 0. The Kier molecular flexibility index (Phi) is 3.12. The highest BCUT2D eigenvalue weighted by Gasteiger charge is 2.33. The summed E-state index contributed by atoms with van der Waals surface area (Å²) in [6.07, 6.45) is 9.25. The first-order valence-corrected chi connectivity index (χ1v) is 5.60. The van der Waals surface area contributed by atoms with Gasteiger partial charge < -0.3 is 0 Å². The summed E-state index contributed by atoms with van der Waals surface area (Å²) >= 11 is 11.7. The molecule has 3 nitrogen and oxygen atoms in total. The number of allylic oxidation sites excluding steroid dienone is 3. The van der Waals surface area contributed by atoms with Crippen molar-refractivity contribution in [1.29, 1.82) is 0 Å². The van der Waals surface area contributed by atoms with E-state index >= 15 is 0 Å². The lowest BCUT2D eigenvalue weighted by Crippen LogP contribution is -2.41. The molecule has 1 aliphatic carbocycles. The zero-order chi connectivity index (χ0) is 10.8. The number of rotatable bonds is 1. The van der Waals surface area contributed by atoms with Crippen LogP contribution in [0.15, 0.2) is 29.0 Å². The molecule has 0 saturated heterocycles. The Bertz CT molecular complexity index is 362. The van der Waals surface area contributed by atoms with Crippen LogP contribution in [0.5, 0.6) is 0 Å². The minimum absolute atomic E-state index is 0.267. The predicted molar refractivity (Wildman–Crippen MR) is 61.1 cm³/mol. The maximum atomic E-state index is 11.8. The molecule has 0 aromatic heterocycles. The molecule has 2 aliphatic rings. The van der Waals surface area contributed by atoms with Gasteiger partial charge in [0.2, 0.25) is 0 Å². The molecule has 0 aromatic rings. The van der Waals surface area contributed by atoms with Gasteiger partial charge in [0.15, 0.2) is 0 Å². The number of alkyl halides is 2. The van der Waals surface area contributed by atoms with Crippen molar-refractivity contribution < 1.29 is 4.79 Å². The third kappa shape index (κ3) is 2.08. The summed E-state index contributed by atoms with van der Waals surface area (Å²) in [6.45, 7) is 0. The number of nitrogens with zero attached hydrogens (tertiary/aromatic N) is 2. The molecule has 1 heterocycles. The molecule has 0 bridgehead atoms. The number of hydrazone groups is 1. The fourth-order valence-corrected chi connectivity index (χ4v) is 1.78. The first-order valence-electron chi connectivity index (χ1n) is 4.73. The van der Waals surface area contributed by atoms with E-state index in [1.54, 1.807) is 0 Å². The van der Waals surface area contributed by atoms with Gasteiger partial charge in [-0.3, -0.25) is 4.79 Å². The SMILES string of the molecule is O=C1C(Cl)C(Cl)C=NN1C1=CCCC=C1. The number of carbonyl (C=O) groups excluding carboxylic acids is 1. The maximum absolute atomic E-state index is 11.8. The van der Waals surface area contributed by atoms with Crippen LogP contribution < -0.4 is 0 Å². The summed E-state index contributed by atoms with van der Waals surface area (Å²) in [5, 5.41) is 4.04. The second-order valence-corrected chi connectivity index (χ2v) is 4.34. The lowest BCUT2D eigenvalue weighted by atomic mass is 10.1. The predicted octanol–water partition coefficient (Wildman–Crippen LogP) is 2.26. The first kappa shape index (κ1) is 10.7. The molecule has 5 heteroatoms. The van der Waals surface area contributed by atoms with E-state index in [2.05, 4.69) is 5.10 Å². The minimum atomic E-state index is -0.736. The van der Waals surface area contributed by atoms with Crippen LogP contribution in [0, 0.1) is 0 Å². The Morgan fingerprint density at radius 3 is 2.87 bits per heavy atom. The molecule has 2 unspecified atom stereocenters. The van der Waals surface area contributed by atoms with Crippen molar-refractivity contribution in [2.75, 3.05) is 0 Å². The highest BCUT2D eigenvalue weighted by Crippen LogP contribution is 2.23. The molecule has 2 rings (SSSR count). The number of carbonyl (C=O) groups is 1. The van der Waals surface area contributed by atoms with Gasteiger partial charge in [-0.15, -0.1) is 23.2 Å². The van der Waals surface area contributed by atoms with Gasteiger partial charge in [-0.05, 0) is 18.9 Å². The molecular formula is C10H10Cl2N2O. The van der Waals surface area contributed by atoms with E-state index in [1.165, 1.54) is 11.2 Å². The fraction of sp³-hybridized carbons (Fsp3) is 0.400. The van der Waals surface area contributed by atoms with Crippen molar-refractivity contribution in [2.24, 2.45) is 5.10 Å². The van der Waals surface area contributed by atoms with E-state index in [-0.39, 0.29) is 5.91 Å². The van der Waals surface area contributed by atoms with E-state index in [1.807, 2.05) is 18.2 Å². The van der Waals surface area contributed by atoms with Crippen molar-refractivity contribution >= 4 is 35.3 Å². The average molecular weight is 245 g/mol. The second-order valence-electron chi connectivity index (χ2n) is 3.37. The van der Waals surface area contributed by atoms with E-state index in [0.717, 1.165) is 18.5 Å². The molecule has 1 aliphatic heterocycles. The normalized spacial score (nSPS) is 30.7. The van der Waals surface area contributed by atoms with Crippen LogP contribution in [0.3, 0.4) is 0 Å². The Hall–Kier alpha value is -0.800. The van der Waals surface area contributed by atoms with Gasteiger partial charge in [0.25, 0.3) is 5.91 Å². The molecule has 0 radical (unpaired) electrons. The largest absolute Gasteiger partial charge is 0.271 e. The molecule has 0 saturated carbocycles. The monoisotopic (exact) mass is 244 g/mol. The van der Waals surface area contributed by atoms with Crippen LogP contribution in [0.1, 0.15) is 12.8 Å². The Labute approximate surface area is 98.0 Å². The zero-order valence-electron chi connectivity index (χ0n) is 7.94. The molecule has 0 aromatic carbocycles. The van der Waals surface area contributed by atoms with Crippen molar-refractivity contribution in [1.82, 2.24) is 5.01 Å². The van der Waals surface area contributed by atoms with Crippen molar-refractivity contribution in [2.45, 2.75) is 23.6 Å². The van der Waals surface area contributed by atoms with Gasteiger partial charge in [0.05, 0.1) is 11.1 Å². The molecule has 2 atom stereocenters. The van der Waals surface area contributed by atoms with Crippen molar-refractivity contribution in [3.05, 3.63) is 23.9 Å². The quantitative estimate of drug-likeness (QED) is 0.652. The molecule has 0 fully saturated rings. The molecular weight excluding hydrogens is 235 g/mol. The Morgan fingerprint density at radius 2 is 2.20 bits per heavy atom. The van der Waals surface area contributed by atoms with Gasteiger partial charge in [0.1, 0.15) is 5.38 Å². The van der Waals surface area contributed by atoms with Gasteiger partial charge in [0, 0.05) is 6.21 Å². The van der Waals surface area contributed by atoms with Crippen LogP contribution in [0.25, 0.3) is 0 Å². The van der Waals surface area contributed by atoms with Crippen LogP contribution in [0.4, 0.5) is 0 Å². The molecule has 15 heavy (non-hydrogen) atoms. The van der Waals surface area contributed by atoms with Crippen LogP contribution in [-0.2, 0) is 4.79 Å². The summed E-state index contributed by atoms with van der Waals surface area (Å²) in [7, 11) is 0. The van der Waals surface area contributed by atoms with E-state index < -0.39 is 10.8 Å². The summed E-state index contributed by atoms with van der Waals surface area (Å²) in [4.78, 5) is 11.8. The highest BCUT2D eigenvalue weighted by atomic mass is 35.5. The molecule has 80 valence electrons. The van der Waals surface area contributed by atoms with Gasteiger partial charge >= 0.3 is 0 Å². The van der Waals surface area contributed by atoms with Crippen molar-refractivity contribution in [3.8, 4) is 0 Å². The first-order chi connectivity index (χ1) is 7.20. The number of amides is 1. The molecule has 0 N–H and O–H groups in total. The Balaban J connectivity index is 2.23. The van der Waals surface area contributed by atoms with Gasteiger partial charge in [-0.2, -0.15) is 5.10 Å². The standard InChI is InChI=1S/C10H10Cl2N2O/c11-8-6-13-14(10(15)9(8)12)7-4-2-1-3-5-7/h2,4-6,8-9H,1,3H2. The van der Waals surface area contributed by atoms with Crippen LogP contribution in [-0.4, -0.2) is 27.9 Å². The zero-order valence-corrected chi connectivity index (χ0v) is 9.45. The molecule has 1 amide bonds.